The first kappa shape index (κ1) is 14.1. The van der Waals surface area contributed by atoms with Gasteiger partial charge in [0.15, 0.2) is 17.3 Å². The molecule has 0 atom stereocenters. The van der Waals surface area contributed by atoms with Gasteiger partial charge in [-0.2, -0.15) is 0 Å². The second-order valence-corrected chi connectivity index (χ2v) is 4.90. The smallest absolute Gasteiger partial charge is 0.323 e. The van der Waals surface area contributed by atoms with E-state index in [-0.39, 0.29) is 17.9 Å². The third kappa shape index (κ3) is 2.41. The predicted molar refractivity (Wildman–Crippen MR) is 75.3 cm³/mol. The van der Waals surface area contributed by atoms with Crippen molar-refractivity contribution in [3.05, 3.63) is 47.7 Å². The van der Waals surface area contributed by atoms with E-state index in [1.54, 1.807) is 12.3 Å². The Kier molecular flexibility index (Phi) is 3.32. The molecule has 1 N–H and O–H groups in total. The number of benzene rings is 1. The fourth-order valence-electron chi connectivity index (χ4n) is 2.25. The molecule has 7 heteroatoms. The van der Waals surface area contributed by atoms with Crippen molar-refractivity contribution in [3.63, 3.8) is 0 Å². The Bertz CT molecular complexity index is 890. The summed E-state index contributed by atoms with van der Waals surface area (Å²) in [6.07, 6.45) is 1.59. The summed E-state index contributed by atoms with van der Waals surface area (Å²) >= 11 is 0. The topological polar surface area (TPSA) is 68.0 Å². The molecule has 3 aromatic rings. The Morgan fingerprint density at radius 3 is 2.73 bits per heavy atom. The van der Waals surface area contributed by atoms with E-state index in [1.807, 2.05) is 6.92 Å². The number of imidazole rings is 1. The number of halogens is 2. The number of hydrogen-bond donors (Lipinski definition) is 1. The lowest BCUT2D eigenvalue weighted by Crippen LogP contribution is -2.10. The molecule has 1 aromatic carbocycles. The first-order chi connectivity index (χ1) is 10.5. The molecule has 3 rings (SSSR count). The second kappa shape index (κ2) is 5.18. The molecular formula is C15H11F2N3O2. The summed E-state index contributed by atoms with van der Waals surface area (Å²) in [5.74, 6) is -2.84. The Hall–Kier alpha value is -2.83. The molecule has 112 valence electrons. The van der Waals surface area contributed by atoms with Gasteiger partial charge >= 0.3 is 5.97 Å². The zero-order valence-corrected chi connectivity index (χ0v) is 11.5. The Morgan fingerprint density at radius 1 is 1.27 bits per heavy atom. The molecule has 0 amide bonds. The number of carboxylic acid groups (broad SMARTS) is 1. The van der Waals surface area contributed by atoms with Crippen LogP contribution in [0.1, 0.15) is 5.56 Å². The van der Waals surface area contributed by atoms with Crippen LogP contribution in [0.3, 0.4) is 0 Å². The maximum absolute atomic E-state index is 13.4. The van der Waals surface area contributed by atoms with Crippen molar-refractivity contribution in [1.82, 2.24) is 14.5 Å². The third-order valence-corrected chi connectivity index (χ3v) is 3.19. The van der Waals surface area contributed by atoms with E-state index >= 15 is 0 Å². The van der Waals surface area contributed by atoms with Crippen LogP contribution >= 0.6 is 0 Å². The van der Waals surface area contributed by atoms with Crippen LogP contribution in [0.2, 0.25) is 0 Å². The average molecular weight is 303 g/mol. The number of aromatic nitrogens is 3. The summed E-state index contributed by atoms with van der Waals surface area (Å²) < 4.78 is 27.9. The zero-order valence-electron chi connectivity index (χ0n) is 11.5. The van der Waals surface area contributed by atoms with Gasteiger partial charge in [-0.25, -0.2) is 18.7 Å². The second-order valence-electron chi connectivity index (χ2n) is 4.90. The van der Waals surface area contributed by atoms with E-state index in [0.29, 0.717) is 11.2 Å². The molecule has 22 heavy (non-hydrogen) atoms. The molecule has 0 aliphatic heterocycles. The zero-order chi connectivity index (χ0) is 15.9. The van der Waals surface area contributed by atoms with E-state index in [2.05, 4.69) is 9.97 Å². The molecule has 0 unspecified atom stereocenters. The highest BCUT2D eigenvalue weighted by atomic mass is 19.2. The van der Waals surface area contributed by atoms with Gasteiger partial charge in [-0.05, 0) is 36.8 Å². The SMILES string of the molecule is Cc1cnc2c(c1)nc(-c1ccc(F)c(F)c1)n2CC(=O)O. The number of carboxylic acids is 1. The number of pyridine rings is 1. The summed E-state index contributed by atoms with van der Waals surface area (Å²) in [7, 11) is 0. The van der Waals surface area contributed by atoms with Crippen molar-refractivity contribution in [2.75, 3.05) is 0 Å². The Labute approximate surface area is 123 Å². The van der Waals surface area contributed by atoms with Gasteiger partial charge < -0.3 is 5.11 Å². The van der Waals surface area contributed by atoms with Gasteiger partial charge in [0.05, 0.1) is 0 Å². The van der Waals surface area contributed by atoms with Crippen molar-refractivity contribution in [2.24, 2.45) is 0 Å². The van der Waals surface area contributed by atoms with E-state index in [1.165, 1.54) is 10.6 Å². The van der Waals surface area contributed by atoms with Crippen molar-refractivity contribution < 1.29 is 18.7 Å². The van der Waals surface area contributed by atoms with Crippen LogP contribution in [0.25, 0.3) is 22.6 Å². The van der Waals surface area contributed by atoms with Crippen LogP contribution in [-0.4, -0.2) is 25.6 Å². The molecule has 0 radical (unpaired) electrons. The van der Waals surface area contributed by atoms with Crippen LogP contribution in [-0.2, 0) is 11.3 Å². The van der Waals surface area contributed by atoms with Crippen LogP contribution < -0.4 is 0 Å². The fraction of sp³-hybridized carbons (Fsp3) is 0.133. The van der Waals surface area contributed by atoms with Gasteiger partial charge in [0.25, 0.3) is 0 Å². The summed E-state index contributed by atoms with van der Waals surface area (Å²) in [6, 6.07) is 5.07. The molecule has 0 bridgehead atoms. The van der Waals surface area contributed by atoms with E-state index in [0.717, 1.165) is 17.7 Å². The van der Waals surface area contributed by atoms with E-state index < -0.39 is 17.6 Å². The standard InChI is InChI=1S/C15H11F2N3O2/c1-8-4-12-15(18-6-8)20(7-13(21)22)14(19-12)9-2-3-10(16)11(17)5-9/h2-6H,7H2,1H3,(H,21,22). The predicted octanol–water partition coefficient (Wildman–Crippen LogP) is 2.77. The minimum absolute atomic E-state index is 0.231. The first-order valence-electron chi connectivity index (χ1n) is 6.46. The number of nitrogens with zero attached hydrogens (tertiary/aromatic N) is 3. The molecule has 2 heterocycles. The van der Waals surface area contributed by atoms with Crippen molar-refractivity contribution in [2.45, 2.75) is 13.5 Å². The van der Waals surface area contributed by atoms with Gasteiger partial charge in [0.2, 0.25) is 0 Å². The summed E-state index contributed by atoms with van der Waals surface area (Å²) in [4.78, 5) is 19.6. The lowest BCUT2D eigenvalue weighted by Gasteiger charge is -2.06. The van der Waals surface area contributed by atoms with Crippen LogP contribution in [0, 0.1) is 18.6 Å². The van der Waals surface area contributed by atoms with Gasteiger partial charge in [0.1, 0.15) is 17.9 Å². The van der Waals surface area contributed by atoms with Crippen molar-refractivity contribution >= 4 is 17.1 Å². The Balaban J connectivity index is 2.26. The molecule has 5 nitrogen and oxygen atoms in total. The van der Waals surface area contributed by atoms with Crippen LogP contribution in [0.4, 0.5) is 8.78 Å². The first-order valence-corrected chi connectivity index (χ1v) is 6.46. The van der Waals surface area contributed by atoms with Gasteiger partial charge in [-0.1, -0.05) is 0 Å². The highest BCUT2D eigenvalue weighted by molar-refractivity contribution is 5.80. The van der Waals surface area contributed by atoms with Gasteiger partial charge in [0, 0.05) is 11.8 Å². The van der Waals surface area contributed by atoms with Gasteiger partial charge in [-0.3, -0.25) is 9.36 Å². The molecule has 0 spiro atoms. The number of aliphatic carboxylic acids is 1. The lowest BCUT2D eigenvalue weighted by molar-refractivity contribution is -0.137. The van der Waals surface area contributed by atoms with Crippen LogP contribution in [0.15, 0.2) is 30.5 Å². The van der Waals surface area contributed by atoms with E-state index in [4.69, 9.17) is 5.11 Å². The number of fused-ring (bicyclic) bond motifs is 1. The number of carbonyl (C=O) groups is 1. The number of aryl methyl sites for hydroxylation is 1. The largest absolute Gasteiger partial charge is 0.480 e. The molecule has 0 fully saturated rings. The molecule has 0 saturated carbocycles. The third-order valence-electron chi connectivity index (χ3n) is 3.19. The number of hydrogen-bond acceptors (Lipinski definition) is 3. The maximum atomic E-state index is 13.4. The summed E-state index contributed by atoms with van der Waals surface area (Å²) in [6.45, 7) is 1.46. The fourth-order valence-corrected chi connectivity index (χ4v) is 2.25. The average Bonchev–Trinajstić information content (AvgIpc) is 2.79. The molecule has 0 saturated heterocycles. The molecule has 0 aliphatic rings. The normalized spacial score (nSPS) is 11.0. The minimum Gasteiger partial charge on any atom is -0.480 e. The van der Waals surface area contributed by atoms with E-state index in [9.17, 15) is 13.6 Å². The number of rotatable bonds is 3. The molecule has 0 aliphatic carbocycles. The highest BCUT2D eigenvalue weighted by Crippen LogP contribution is 2.25. The summed E-state index contributed by atoms with van der Waals surface area (Å²) in [5.41, 5.74) is 2.04. The van der Waals surface area contributed by atoms with Crippen LogP contribution in [0.5, 0.6) is 0 Å². The lowest BCUT2D eigenvalue weighted by atomic mass is 10.2. The molecular weight excluding hydrogens is 292 g/mol. The Morgan fingerprint density at radius 2 is 2.05 bits per heavy atom. The summed E-state index contributed by atoms with van der Waals surface area (Å²) in [5, 5.41) is 9.06. The monoisotopic (exact) mass is 303 g/mol. The highest BCUT2D eigenvalue weighted by Gasteiger charge is 2.17. The molecule has 2 aromatic heterocycles. The van der Waals surface area contributed by atoms with Crippen molar-refractivity contribution in [3.8, 4) is 11.4 Å². The van der Waals surface area contributed by atoms with Crippen molar-refractivity contribution in [1.29, 1.82) is 0 Å². The maximum Gasteiger partial charge on any atom is 0.323 e. The quantitative estimate of drug-likeness (QED) is 0.808. The van der Waals surface area contributed by atoms with Gasteiger partial charge in [-0.15, -0.1) is 0 Å². The minimum atomic E-state index is -1.08.